The number of methoxy groups -OCH3 is 1. The summed E-state index contributed by atoms with van der Waals surface area (Å²) in [6, 6.07) is 3.63. The van der Waals surface area contributed by atoms with Crippen molar-refractivity contribution in [2.24, 2.45) is 0 Å². The van der Waals surface area contributed by atoms with Crippen molar-refractivity contribution >= 4 is 45.4 Å². The molecule has 1 aliphatic rings. The number of aromatic nitrogens is 2. The van der Waals surface area contributed by atoms with Crippen molar-refractivity contribution in [3.63, 3.8) is 0 Å². The SMILES string of the molecule is COC[C@]1(C)Nc2c(cnc3[nH]cc(C(=O)c4cccs4)c23)NC1=O. The molecule has 0 aliphatic carbocycles. The van der Waals surface area contributed by atoms with Crippen LogP contribution in [0.25, 0.3) is 11.0 Å². The van der Waals surface area contributed by atoms with Crippen molar-refractivity contribution in [3.05, 3.63) is 40.3 Å². The van der Waals surface area contributed by atoms with Crippen LogP contribution < -0.4 is 10.6 Å². The molecule has 25 heavy (non-hydrogen) atoms. The zero-order valence-electron chi connectivity index (χ0n) is 13.7. The molecule has 1 aliphatic heterocycles. The monoisotopic (exact) mass is 356 g/mol. The minimum absolute atomic E-state index is 0.0800. The van der Waals surface area contributed by atoms with Gasteiger partial charge in [-0.1, -0.05) is 6.07 Å². The molecule has 3 aromatic rings. The second kappa shape index (κ2) is 5.68. The number of nitrogens with one attached hydrogen (secondary N) is 3. The number of fused-ring (bicyclic) bond motifs is 3. The average molecular weight is 356 g/mol. The number of rotatable bonds is 4. The number of carbonyl (C=O) groups excluding carboxylic acids is 2. The number of H-pyrrole nitrogens is 1. The predicted molar refractivity (Wildman–Crippen MR) is 96.4 cm³/mol. The van der Waals surface area contributed by atoms with Gasteiger partial charge in [-0.3, -0.25) is 9.59 Å². The normalized spacial score (nSPS) is 19.4. The number of amides is 1. The van der Waals surface area contributed by atoms with Crippen molar-refractivity contribution in [1.29, 1.82) is 0 Å². The summed E-state index contributed by atoms with van der Waals surface area (Å²) in [6.07, 6.45) is 3.23. The van der Waals surface area contributed by atoms with Gasteiger partial charge in [0, 0.05) is 13.3 Å². The van der Waals surface area contributed by atoms with Gasteiger partial charge in [0.15, 0.2) is 0 Å². The first-order valence-corrected chi connectivity index (χ1v) is 8.58. The minimum atomic E-state index is -0.934. The summed E-state index contributed by atoms with van der Waals surface area (Å²) in [7, 11) is 1.54. The number of anilines is 2. The molecule has 4 heterocycles. The van der Waals surface area contributed by atoms with Gasteiger partial charge in [-0.2, -0.15) is 0 Å². The van der Waals surface area contributed by atoms with E-state index in [0.717, 1.165) is 0 Å². The fraction of sp³-hybridized carbons (Fsp3) is 0.235. The molecule has 0 aromatic carbocycles. The summed E-state index contributed by atoms with van der Waals surface area (Å²) >= 11 is 1.39. The van der Waals surface area contributed by atoms with Crippen LogP contribution in [0.4, 0.5) is 11.4 Å². The number of nitrogens with zero attached hydrogens (tertiary/aromatic N) is 1. The Bertz CT molecular complexity index is 979. The lowest BCUT2D eigenvalue weighted by Crippen LogP contribution is -2.53. The molecule has 0 saturated heterocycles. The smallest absolute Gasteiger partial charge is 0.252 e. The van der Waals surface area contributed by atoms with Crippen LogP contribution in [0.15, 0.2) is 29.9 Å². The van der Waals surface area contributed by atoms with Gasteiger partial charge in [0.25, 0.3) is 5.91 Å². The molecule has 3 N–H and O–H groups in total. The van der Waals surface area contributed by atoms with Crippen LogP contribution in [0.2, 0.25) is 0 Å². The Hall–Kier alpha value is -2.71. The van der Waals surface area contributed by atoms with Crippen LogP contribution in [-0.4, -0.2) is 40.9 Å². The number of pyridine rings is 1. The molecule has 7 nitrogen and oxygen atoms in total. The second-order valence-corrected chi connectivity index (χ2v) is 7.07. The highest BCUT2D eigenvalue weighted by molar-refractivity contribution is 7.12. The van der Waals surface area contributed by atoms with E-state index in [1.54, 1.807) is 32.5 Å². The first-order chi connectivity index (χ1) is 12.0. The van der Waals surface area contributed by atoms with E-state index in [0.29, 0.717) is 32.8 Å². The quantitative estimate of drug-likeness (QED) is 0.625. The van der Waals surface area contributed by atoms with Crippen LogP contribution >= 0.6 is 11.3 Å². The van der Waals surface area contributed by atoms with E-state index < -0.39 is 5.54 Å². The number of hydrogen-bond acceptors (Lipinski definition) is 6. The molecule has 1 amide bonds. The van der Waals surface area contributed by atoms with E-state index in [2.05, 4.69) is 20.6 Å². The van der Waals surface area contributed by atoms with Crippen molar-refractivity contribution in [2.75, 3.05) is 24.4 Å². The molecular formula is C17H16N4O3S. The fourth-order valence-corrected chi connectivity index (χ4v) is 3.70. The standard InChI is InChI=1S/C17H16N4O3S/c1-17(8-24-2)16(23)20-10-7-19-15-12(13(10)21-17)9(6-18-15)14(22)11-4-3-5-25-11/h3-7,21H,8H2,1-2H3,(H,18,19)(H,20,23)/t17-/m0/s1. The number of ether oxygens (including phenoxy) is 1. The lowest BCUT2D eigenvalue weighted by Gasteiger charge is -2.35. The van der Waals surface area contributed by atoms with Crippen LogP contribution in [0.1, 0.15) is 22.2 Å². The van der Waals surface area contributed by atoms with E-state index in [9.17, 15) is 9.59 Å². The maximum Gasteiger partial charge on any atom is 0.252 e. The van der Waals surface area contributed by atoms with Gasteiger partial charge >= 0.3 is 0 Å². The predicted octanol–water partition coefficient (Wildman–Crippen LogP) is 2.62. The summed E-state index contributed by atoms with van der Waals surface area (Å²) in [5.74, 6) is -0.284. The Labute approximate surface area is 147 Å². The number of thiophene rings is 1. The molecule has 4 rings (SSSR count). The molecule has 8 heteroatoms. The van der Waals surface area contributed by atoms with Crippen molar-refractivity contribution in [3.8, 4) is 0 Å². The summed E-state index contributed by atoms with van der Waals surface area (Å²) in [5, 5.41) is 8.63. The summed E-state index contributed by atoms with van der Waals surface area (Å²) in [5.41, 5.74) is 1.39. The molecule has 0 radical (unpaired) electrons. The van der Waals surface area contributed by atoms with E-state index in [-0.39, 0.29) is 18.3 Å². The zero-order chi connectivity index (χ0) is 17.6. The topological polar surface area (TPSA) is 96.1 Å². The highest BCUT2D eigenvalue weighted by Crippen LogP contribution is 2.38. The lowest BCUT2D eigenvalue weighted by molar-refractivity contribution is -0.121. The maximum absolute atomic E-state index is 12.8. The Morgan fingerprint density at radius 1 is 1.44 bits per heavy atom. The summed E-state index contributed by atoms with van der Waals surface area (Å²) < 4.78 is 5.19. The third-order valence-electron chi connectivity index (χ3n) is 4.27. The van der Waals surface area contributed by atoms with E-state index in [4.69, 9.17) is 4.74 Å². The highest BCUT2D eigenvalue weighted by Gasteiger charge is 2.39. The molecule has 0 bridgehead atoms. The van der Waals surface area contributed by atoms with Gasteiger partial charge < -0.3 is 20.4 Å². The van der Waals surface area contributed by atoms with Gasteiger partial charge in [0.2, 0.25) is 5.78 Å². The number of ketones is 1. The summed E-state index contributed by atoms with van der Waals surface area (Å²) in [4.78, 5) is 33.2. The van der Waals surface area contributed by atoms with Crippen LogP contribution in [-0.2, 0) is 9.53 Å². The largest absolute Gasteiger partial charge is 0.382 e. The molecular weight excluding hydrogens is 340 g/mol. The van der Waals surface area contributed by atoms with E-state index >= 15 is 0 Å². The summed E-state index contributed by atoms with van der Waals surface area (Å²) in [6.45, 7) is 1.95. The molecule has 0 fully saturated rings. The Morgan fingerprint density at radius 3 is 3.00 bits per heavy atom. The maximum atomic E-state index is 12.8. The number of aromatic amines is 1. The third-order valence-corrected chi connectivity index (χ3v) is 5.14. The Kier molecular flexibility index (Phi) is 3.59. The van der Waals surface area contributed by atoms with Gasteiger partial charge in [-0.05, 0) is 18.4 Å². The molecule has 0 unspecified atom stereocenters. The fourth-order valence-electron chi connectivity index (χ4n) is 3.02. The van der Waals surface area contributed by atoms with Crippen molar-refractivity contribution < 1.29 is 14.3 Å². The van der Waals surface area contributed by atoms with E-state index in [1.807, 2.05) is 11.4 Å². The lowest BCUT2D eigenvalue weighted by atomic mass is 9.97. The molecule has 0 spiro atoms. The second-order valence-electron chi connectivity index (χ2n) is 6.12. The Morgan fingerprint density at radius 2 is 2.28 bits per heavy atom. The van der Waals surface area contributed by atoms with Crippen molar-refractivity contribution in [1.82, 2.24) is 9.97 Å². The molecule has 1 atom stereocenters. The number of hydrogen-bond donors (Lipinski definition) is 3. The minimum Gasteiger partial charge on any atom is -0.382 e. The van der Waals surface area contributed by atoms with Crippen LogP contribution in [0.5, 0.6) is 0 Å². The first-order valence-electron chi connectivity index (χ1n) is 7.70. The first kappa shape index (κ1) is 15.8. The Balaban J connectivity index is 1.89. The molecule has 128 valence electrons. The zero-order valence-corrected chi connectivity index (χ0v) is 14.5. The van der Waals surface area contributed by atoms with Crippen molar-refractivity contribution in [2.45, 2.75) is 12.5 Å². The molecule has 0 saturated carbocycles. The third kappa shape index (κ3) is 2.41. The van der Waals surface area contributed by atoms with Gasteiger partial charge in [0.1, 0.15) is 11.2 Å². The molecule has 3 aromatic heterocycles. The van der Waals surface area contributed by atoms with E-state index in [1.165, 1.54) is 11.3 Å². The van der Waals surface area contributed by atoms with Crippen LogP contribution in [0.3, 0.4) is 0 Å². The number of carbonyl (C=O) groups is 2. The highest BCUT2D eigenvalue weighted by atomic mass is 32.1. The van der Waals surface area contributed by atoms with Crippen LogP contribution in [0, 0.1) is 0 Å². The average Bonchev–Trinajstić information content (AvgIpc) is 3.25. The van der Waals surface area contributed by atoms with Gasteiger partial charge in [-0.15, -0.1) is 11.3 Å². The van der Waals surface area contributed by atoms with Gasteiger partial charge in [-0.25, -0.2) is 4.98 Å². The van der Waals surface area contributed by atoms with Gasteiger partial charge in [0.05, 0.1) is 40.0 Å².